The summed E-state index contributed by atoms with van der Waals surface area (Å²) in [6.07, 6.45) is 1.43. The number of hydrogen-bond acceptors (Lipinski definition) is 4. The average Bonchev–Trinajstić information content (AvgIpc) is 2.56. The normalized spacial score (nSPS) is 10.5. The van der Waals surface area contributed by atoms with Gasteiger partial charge in [0, 0.05) is 25.7 Å². The van der Waals surface area contributed by atoms with Crippen LogP contribution < -0.4 is 5.43 Å². The van der Waals surface area contributed by atoms with E-state index in [1.807, 2.05) is 30.3 Å². The zero-order valence-corrected chi connectivity index (χ0v) is 12.5. The predicted molar refractivity (Wildman–Crippen MR) is 87.1 cm³/mol. The maximum absolute atomic E-state index is 11.9. The van der Waals surface area contributed by atoms with Crippen LogP contribution in [-0.4, -0.2) is 29.1 Å². The van der Waals surface area contributed by atoms with Gasteiger partial charge in [0.2, 0.25) is 0 Å². The average molecular weight is 312 g/mol. The van der Waals surface area contributed by atoms with Crippen molar-refractivity contribution in [3.8, 4) is 0 Å². The first-order chi connectivity index (χ1) is 11.1. The number of hydrazone groups is 1. The van der Waals surface area contributed by atoms with E-state index < -0.39 is 4.92 Å². The number of nitro benzene ring substituents is 1. The van der Waals surface area contributed by atoms with Crippen LogP contribution in [0.1, 0.15) is 11.1 Å². The van der Waals surface area contributed by atoms with Crippen LogP contribution in [0, 0.1) is 10.1 Å². The third-order valence-electron chi connectivity index (χ3n) is 3.09. The van der Waals surface area contributed by atoms with Crippen LogP contribution in [0.15, 0.2) is 59.7 Å². The lowest BCUT2D eigenvalue weighted by Gasteiger charge is -2.15. The molecule has 0 fully saturated rings. The minimum atomic E-state index is -0.471. The summed E-state index contributed by atoms with van der Waals surface area (Å²) < 4.78 is 0. The topological polar surface area (TPSA) is 87.8 Å². The third-order valence-corrected chi connectivity index (χ3v) is 3.09. The van der Waals surface area contributed by atoms with Gasteiger partial charge in [0.05, 0.1) is 11.1 Å². The van der Waals surface area contributed by atoms with Gasteiger partial charge in [0.15, 0.2) is 0 Å². The van der Waals surface area contributed by atoms with E-state index in [4.69, 9.17) is 0 Å². The highest BCUT2D eigenvalue weighted by Crippen LogP contribution is 2.10. The molecule has 2 rings (SSSR count). The summed E-state index contributed by atoms with van der Waals surface area (Å²) in [5, 5.41) is 14.4. The lowest BCUT2D eigenvalue weighted by molar-refractivity contribution is -0.384. The minimum Gasteiger partial charge on any atom is -0.322 e. The molecule has 2 amide bonds. The van der Waals surface area contributed by atoms with Crippen LogP contribution in [0.25, 0.3) is 0 Å². The van der Waals surface area contributed by atoms with Crippen molar-refractivity contribution in [1.82, 2.24) is 10.3 Å². The number of non-ortho nitro benzene ring substituents is 1. The number of hydrogen-bond donors (Lipinski definition) is 1. The number of carbonyl (C=O) groups excluding carboxylic acids is 1. The summed E-state index contributed by atoms with van der Waals surface area (Å²) in [5.41, 5.74) is 4.09. The molecule has 0 saturated heterocycles. The number of carbonyl (C=O) groups is 1. The smallest absolute Gasteiger partial charge is 0.322 e. The van der Waals surface area contributed by atoms with Crippen molar-refractivity contribution in [3.05, 3.63) is 75.8 Å². The van der Waals surface area contributed by atoms with E-state index in [-0.39, 0.29) is 11.7 Å². The Hall–Kier alpha value is -3.22. The molecule has 7 nitrogen and oxygen atoms in total. The van der Waals surface area contributed by atoms with Gasteiger partial charge < -0.3 is 4.90 Å². The molecule has 0 heterocycles. The SMILES string of the molecule is CN(Cc1ccccc1)C(=O)N/N=C/c1ccc([N+](=O)[O-])cc1. The monoisotopic (exact) mass is 312 g/mol. The second kappa shape index (κ2) is 7.69. The second-order valence-corrected chi connectivity index (χ2v) is 4.87. The van der Waals surface area contributed by atoms with E-state index in [1.165, 1.54) is 23.2 Å². The standard InChI is InChI=1S/C16H16N4O3/c1-19(12-14-5-3-2-4-6-14)16(21)18-17-11-13-7-9-15(10-8-13)20(22)23/h2-11H,12H2,1H3,(H,18,21)/b17-11+. The molecule has 0 aliphatic heterocycles. The number of benzene rings is 2. The van der Waals surface area contributed by atoms with Gasteiger partial charge in [0.1, 0.15) is 0 Å². The Balaban J connectivity index is 1.86. The van der Waals surface area contributed by atoms with Crippen molar-refractivity contribution in [3.63, 3.8) is 0 Å². The fraction of sp³-hybridized carbons (Fsp3) is 0.125. The summed E-state index contributed by atoms with van der Waals surface area (Å²) in [7, 11) is 1.67. The van der Waals surface area contributed by atoms with Crippen LogP contribution in [0.3, 0.4) is 0 Å². The molecule has 23 heavy (non-hydrogen) atoms. The Labute approximate surface area is 133 Å². The van der Waals surface area contributed by atoms with Crippen molar-refractivity contribution >= 4 is 17.9 Å². The molecule has 0 atom stereocenters. The van der Waals surface area contributed by atoms with Crippen LogP contribution in [-0.2, 0) is 6.54 Å². The number of urea groups is 1. The Morgan fingerprint density at radius 1 is 1.22 bits per heavy atom. The fourth-order valence-corrected chi connectivity index (χ4v) is 1.86. The summed E-state index contributed by atoms with van der Waals surface area (Å²) in [4.78, 5) is 23.5. The van der Waals surface area contributed by atoms with Crippen molar-refractivity contribution in [2.75, 3.05) is 7.05 Å². The van der Waals surface area contributed by atoms with Crippen LogP contribution in [0.4, 0.5) is 10.5 Å². The molecule has 1 N–H and O–H groups in total. The number of rotatable bonds is 5. The molecule has 0 unspecified atom stereocenters. The molecule has 7 heteroatoms. The summed E-state index contributed by atoms with van der Waals surface area (Å²) >= 11 is 0. The van der Waals surface area contributed by atoms with E-state index in [2.05, 4.69) is 10.5 Å². The quantitative estimate of drug-likeness (QED) is 0.523. The number of amides is 2. The van der Waals surface area contributed by atoms with Gasteiger partial charge in [-0.3, -0.25) is 10.1 Å². The number of nitrogens with zero attached hydrogens (tertiary/aromatic N) is 3. The van der Waals surface area contributed by atoms with E-state index in [0.717, 1.165) is 5.56 Å². The molecule has 2 aromatic carbocycles. The number of nitro groups is 1. The minimum absolute atomic E-state index is 0.00813. The zero-order chi connectivity index (χ0) is 16.7. The van der Waals surface area contributed by atoms with E-state index in [1.54, 1.807) is 19.2 Å². The summed E-state index contributed by atoms with van der Waals surface area (Å²) in [5.74, 6) is 0. The maximum Gasteiger partial charge on any atom is 0.337 e. The van der Waals surface area contributed by atoms with Crippen molar-refractivity contribution in [2.45, 2.75) is 6.54 Å². The number of nitrogens with one attached hydrogen (secondary N) is 1. The molecule has 0 aliphatic carbocycles. The summed E-state index contributed by atoms with van der Waals surface area (Å²) in [6.45, 7) is 0.472. The molecule has 0 aromatic heterocycles. The first-order valence-corrected chi connectivity index (χ1v) is 6.89. The van der Waals surface area contributed by atoms with Gasteiger partial charge in [-0.15, -0.1) is 0 Å². The van der Waals surface area contributed by atoms with Crippen LogP contribution in [0.2, 0.25) is 0 Å². The summed E-state index contributed by atoms with van der Waals surface area (Å²) in [6, 6.07) is 15.1. The second-order valence-electron chi connectivity index (χ2n) is 4.87. The van der Waals surface area contributed by atoms with E-state index >= 15 is 0 Å². The lowest BCUT2D eigenvalue weighted by atomic mass is 10.2. The molecule has 0 radical (unpaired) electrons. The fourth-order valence-electron chi connectivity index (χ4n) is 1.86. The maximum atomic E-state index is 11.9. The van der Waals surface area contributed by atoms with Crippen molar-refractivity contribution < 1.29 is 9.72 Å². The molecule has 0 bridgehead atoms. The Bertz CT molecular complexity index is 699. The van der Waals surface area contributed by atoms with Crippen molar-refractivity contribution in [2.24, 2.45) is 5.10 Å². The largest absolute Gasteiger partial charge is 0.337 e. The highest BCUT2D eigenvalue weighted by Gasteiger charge is 2.07. The van der Waals surface area contributed by atoms with Gasteiger partial charge in [-0.05, 0) is 23.3 Å². The first kappa shape index (κ1) is 16.2. The highest BCUT2D eigenvalue weighted by atomic mass is 16.6. The molecule has 2 aromatic rings. The predicted octanol–water partition coefficient (Wildman–Crippen LogP) is 2.77. The molecule has 0 aliphatic rings. The molecule has 118 valence electrons. The van der Waals surface area contributed by atoms with Crippen LogP contribution >= 0.6 is 0 Å². The van der Waals surface area contributed by atoms with E-state index in [9.17, 15) is 14.9 Å². The Morgan fingerprint density at radius 3 is 2.48 bits per heavy atom. The zero-order valence-electron chi connectivity index (χ0n) is 12.5. The van der Waals surface area contributed by atoms with Crippen LogP contribution in [0.5, 0.6) is 0 Å². The lowest BCUT2D eigenvalue weighted by Crippen LogP contribution is -2.33. The highest BCUT2D eigenvalue weighted by molar-refractivity contribution is 5.82. The molecular formula is C16H16N4O3. The van der Waals surface area contributed by atoms with Gasteiger partial charge >= 0.3 is 6.03 Å². The van der Waals surface area contributed by atoms with Crippen molar-refractivity contribution in [1.29, 1.82) is 0 Å². The molecule has 0 saturated carbocycles. The molecule has 0 spiro atoms. The first-order valence-electron chi connectivity index (χ1n) is 6.89. The third kappa shape index (κ3) is 4.92. The van der Waals surface area contributed by atoms with Gasteiger partial charge in [-0.1, -0.05) is 30.3 Å². The van der Waals surface area contributed by atoms with E-state index in [0.29, 0.717) is 12.1 Å². The Morgan fingerprint density at radius 2 is 1.87 bits per heavy atom. The van der Waals surface area contributed by atoms with Gasteiger partial charge in [-0.25, -0.2) is 10.2 Å². The Kier molecular flexibility index (Phi) is 5.40. The molecular weight excluding hydrogens is 296 g/mol. The van der Waals surface area contributed by atoms with Gasteiger partial charge in [-0.2, -0.15) is 5.10 Å². The van der Waals surface area contributed by atoms with Gasteiger partial charge in [0.25, 0.3) is 5.69 Å².